The van der Waals surface area contributed by atoms with E-state index >= 15 is 0 Å². The molecule has 1 heterocycles. The molecule has 4 nitrogen and oxygen atoms in total. The predicted octanol–water partition coefficient (Wildman–Crippen LogP) is 3.17. The Bertz CT molecular complexity index is 823. The van der Waals surface area contributed by atoms with Crippen LogP contribution in [0.1, 0.15) is 5.56 Å². The fourth-order valence-corrected chi connectivity index (χ4v) is 4.04. The maximum atomic E-state index is 12.7. The molecule has 3 rings (SSSR count). The summed E-state index contributed by atoms with van der Waals surface area (Å²) in [7, 11) is -3.54. The molecule has 0 bridgehead atoms. The van der Waals surface area contributed by atoms with E-state index in [-0.39, 0.29) is 4.90 Å². The highest BCUT2D eigenvalue weighted by Crippen LogP contribution is 2.32. The molecule has 106 valence electrons. The maximum absolute atomic E-state index is 12.7. The zero-order valence-corrected chi connectivity index (χ0v) is 12.7. The molecule has 0 saturated carbocycles. The first-order chi connectivity index (χ1) is 10.1. The molecule has 1 aliphatic heterocycles. The van der Waals surface area contributed by atoms with Crippen LogP contribution >= 0.6 is 12.2 Å². The lowest BCUT2D eigenvalue weighted by molar-refractivity contribution is 0.592. The first-order valence-corrected chi connectivity index (χ1v) is 8.26. The second kappa shape index (κ2) is 5.41. The quantitative estimate of drug-likeness (QED) is 0.645. The largest absolute Gasteiger partial charge is 0.266 e. The molecule has 2 aromatic rings. The summed E-state index contributed by atoms with van der Waals surface area (Å²) in [4.78, 5) is 4.07. The number of sulfonamides is 1. The Hall–Kier alpha value is -2.01. The van der Waals surface area contributed by atoms with Crippen molar-refractivity contribution in [3.8, 4) is 0 Å². The number of hydrogen-bond acceptors (Lipinski definition) is 4. The van der Waals surface area contributed by atoms with E-state index in [1.165, 1.54) is 4.31 Å². The molecule has 1 aliphatic rings. The van der Waals surface area contributed by atoms with Crippen molar-refractivity contribution in [2.75, 3.05) is 10.8 Å². The van der Waals surface area contributed by atoms with E-state index in [1.54, 1.807) is 24.3 Å². The lowest BCUT2D eigenvalue weighted by atomic mass is 10.2. The molecule has 0 saturated heterocycles. The molecule has 0 fully saturated rings. The Kier molecular flexibility index (Phi) is 3.59. The lowest BCUT2D eigenvalue weighted by Gasteiger charge is -2.19. The Morgan fingerprint density at radius 3 is 2.52 bits per heavy atom. The fraction of sp³-hybridized carbons (Fsp3) is 0.133. The highest BCUT2D eigenvalue weighted by molar-refractivity contribution is 7.92. The number of fused-ring (bicyclic) bond motifs is 1. The van der Waals surface area contributed by atoms with Crippen molar-refractivity contribution in [1.82, 2.24) is 0 Å². The number of nitrogens with zero attached hydrogens (tertiary/aromatic N) is 2. The number of aliphatic imine (C=N–C) groups is 1. The molecule has 0 atom stereocenters. The molecule has 0 aliphatic carbocycles. The molecule has 0 spiro atoms. The summed E-state index contributed by atoms with van der Waals surface area (Å²) in [6.45, 7) is 0.474. The first-order valence-electron chi connectivity index (χ1n) is 6.41. The van der Waals surface area contributed by atoms with Gasteiger partial charge in [0.2, 0.25) is 0 Å². The van der Waals surface area contributed by atoms with Crippen LogP contribution in [0.2, 0.25) is 0 Å². The Morgan fingerprint density at radius 2 is 1.81 bits per heavy atom. The van der Waals surface area contributed by atoms with E-state index in [2.05, 4.69) is 22.4 Å². The highest BCUT2D eigenvalue weighted by atomic mass is 32.2. The van der Waals surface area contributed by atoms with Gasteiger partial charge in [0.1, 0.15) is 0 Å². The summed E-state index contributed by atoms with van der Waals surface area (Å²) < 4.78 is 26.9. The van der Waals surface area contributed by atoms with Gasteiger partial charge >= 0.3 is 0 Å². The molecular weight excluding hydrogens is 304 g/mol. The molecule has 0 N–H and O–H groups in total. The molecule has 0 amide bonds. The van der Waals surface area contributed by atoms with Crippen LogP contribution in [-0.2, 0) is 16.4 Å². The van der Waals surface area contributed by atoms with Crippen LogP contribution in [0.4, 0.5) is 11.4 Å². The number of benzene rings is 2. The first kappa shape index (κ1) is 13.9. The third-order valence-electron chi connectivity index (χ3n) is 3.44. The van der Waals surface area contributed by atoms with Gasteiger partial charge in [0, 0.05) is 6.54 Å². The molecule has 2 aromatic carbocycles. The average Bonchev–Trinajstić information content (AvgIpc) is 2.93. The van der Waals surface area contributed by atoms with E-state index < -0.39 is 10.0 Å². The third-order valence-corrected chi connectivity index (χ3v) is 5.36. The highest BCUT2D eigenvalue weighted by Gasteiger charge is 2.30. The monoisotopic (exact) mass is 316 g/mol. The zero-order valence-electron chi connectivity index (χ0n) is 11.1. The van der Waals surface area contributed by atoms with E-state index in [0.717, 1.165) is 17.7 Å². The lowest BCUT2D eigenvalue weighted by Crippen LogP contribution is -2.29. The Labute approximate surface area is 128 Å². The summed E-state index contributed by atoms with van der Waals surface area (Å²) in [6.07, 6.45) is 0.739. The van der Waals surface area contributed by atoms with Crippen molar-refractivity contribution < 1.29 is 8.42 Å². The normalized spacial score (nSPS) is 13.6. The van der Waals surface area contributed by atoms with E-state index in [1.807, 2.05) is 24.3 Å². The number of anilines is 1. The standard InChI is InChI=1S/C15H12N2O2S2/c18-21(19,14-7-5-13(6-8-14)16-11-20)17-10-9-12-3-1-2-4-15(12)17/h1-8H,9-10H2. The van der Waals surface area contributed by atoms with Crippen LogP contribution in [0.25, 0.3) is 0 Å². The van der Waals surface area contributed by atoms with Gasteiger partial charge in [-0.3, -0.25) is 4.31 Å². The van der Waals surface area contributed by atoms with Gasteiger partial charge in [-0.2, -0.15) is 4.99 Å². The van der Waals surface area contributed by atoms with Crippen molar-refractivity contribution in [2.45, 2.75) is 11.3 Å². The smallest absolute Gasteiger partial charge is 0.264 e. The second-order valence-corrected chi connectivity index (χ2v) is 6.70. The van der Waals surface area contributed by atoms with Crippen LogP contribution < -0.4 is 4.31 Å². The van der Waals surface area contributed by atoms with E-state index in [0.29, 0.717) is 12.2 Å². The van der Waals surface area contributed by atoms with Crippen molar-refractivity contribution in [3.05, 3.63) is 54.1 Å². The Balaban J connectivity index is 2.00. The third kappa shape index (κ3) is 2.49. The van der Waals surface area contributed by atoms with Gasteiger partial charge in [0.25, 0.3) is 10.0 Å². The molecule has 6 heteroatoms. The van der Waals surface area contributed by atoms with Crippen molar-refractivity contribution in [3.63, 3.8) is 0 Å². The number of isothiocyanates is 1. The molecule has 0 radical (unpaired) electrons. The van der Waals surface area contributed by atoms with Crippen LogP contribution in [0.15, 0.2) is 58.4 Å². The van der Waals surface area contributed by atoms with Gasteiger partial charge in [-0.05, 0) is 54.5 Å². The van der Waals surface area contributed by atoms with Gasteiger partial charge < -0.3 is 0 Å². The van der Waals surface area contributed by atoms with Gasteiger partial charge in [-0.25, -0.2) is 8.42 Å². The summed E-state index contributed by atoms with van der Waals surface area (Å²) in [5.74, 6) is 0. The number of rotatable bonds is 3. The second-order valence-electron chi connectivity index (χ2n) is 4.65. The summed E-state index contributed by atoms with van der Waals surface area (Å²) >= 11 is 4.53. The molecular formula is C15H12N2O2S2. The zero-order chi connectivity index (χ0) is 14.9. The molecule has 0 aromatic heterocycles. The van der Waals surface area contributed by atoms with Crippen LogP contribution in [0, 0.1) is 0 Å². The van der Waals surface area contributed by atoms with Crippen LogP contribution in [0.5, 0.6) is 0 Å². The predicted molar refractivity (Wildman–Crippen MR) is 85.8 cm³/mol. The van der Waals surface area contributed by atoms with Crippen LogP contribution in [0.3, 0.4) is 0 Å². The van der Waals surface area contributed by atoms with Crippen molar-refractivity contribution in [1.29, 1.82) is 0 Å². The maximum Gasteiger partial charge on any atom is 0.264 e. The minimum absolute atomic E-state index is 0.252. The fourth-order valence-electron chi connectivity index (χ4n) is 2.43. The Morgan fingerprint density at radius 1 is 1.10 bits per heavy atom. The van der Waals surface area contributed by atoms with Crippen molar-refractivity contribution >= 4 is 38.8 Å². The number of para-hydroxylation sites is 1. The average molecular weight is 316 g/mol. The van der Waals surface area contributed by atoms with E-state index in [4.69, 9.17) is 0 Å². The van der Waals surface area contributed by atoms with Crippen LogP contribution in [-0.4, -0.2) is 20.1 Å². The minimum atomic E-state index is -3.54. The van der Waals surface area contributed by atoms with Gasteiger partial charge in [0.05, 0.1) is 21.4 Å². The van der Waals surface area contributed by atoms with Gasteiger partial charge in [-0.15, -0.1) is 0 Å². The van der Waals surface area contributed by atoms with E-state index in [9.17, 15) is 8.42 Å². The molecule has 21 heavy (non-hydrogen) atoms. The molecule has 0 unspecified atom stereocenters. The number of hydrogen-bond donors (Lipinski definition) is 0. The SMILES string of the molecule is O=S(=O)(c1ccc(N=C=S)cc1)N1CCc2ccccc21. The van der Waals surface area contributed by atoms with Gasteiger partial charge in [-0.1, -0.05) is 18.2 Å². The minimum Gasteiger partial charge on any atom is -0.266 e. The summed E-state index contributed by atoms with van der Waals surface area (Å²) in [5, 5.41) is 2.26. The van der Waals surface area contributed by atoms with Gasteiger partial charge in [0.15, 0.2) is 0 Å². The summed E-state index contributed by atoms with van der Waals surface area (Å²) in [6, 6.07) is 13.9. The topological polar surface area (TPSA) is 49.7 Å². The summed E-state index contributed by atoms with van der Waals surface area (Å²) in [5.41, 5.74) is 2.41. The van der Waals surface area contributed by atoms with Crippen molar-refractivity contribution in [2.24, 2.45) is 4.99 Å². The number of thiocarbonyl (C=S) groups is 1.